The van der Waals surface area contributed by atoms with Gasteiger partial charge in [-0.2, -0.15) is 0 Å². The maximum atomic E-state index is 13.2. The van der Waals surface area contributed by atoms with Crippen molar-refractivity contribution in [2.75, 3.05) is 26.2 Å². The van der Waals surface area contributed by atoms with E-state index in [0.717, 1.165) is 25.2 Å². The number of primary amides is 1. The van der Waals surface area contributed by atoms with Crippen molar-refractivity contribution in [1.29, 1.82) is 0 Å². The van der Waals surface area contributed by atoms with Crippen molar-refractivity contribution >= 4 is 34.4 Å². The van der Waals surface area contributed by atoms with E-state index in [1.165, 1.54) is 12.1 Å². The van der Waals surface area contributed by atoms with Gasteiger partial charge in [0.2, 0.25) is 5.91 Å². The molecule has 136 valence electrons. The fourth-order valence-corrected chi connectivity index (χ4v) is 3.68. The Morgan fingerprint density at radius 3 is 2.27 bits per heavy atom. The zero-order valence-corrected chi connectivity index (χ0v) is 16.3. The van der Waals surface area contributed by atoms with Gasteiger partial charge in [0, 0.05) is 41.9 Å². The van der Waals surface area contributed by atoms with Gasteiger partial charge in [0.15, 0.2) is 0 Å². The molecule has 7 heteroatoms. The first-order valence-corrected chi connectivity index (χ1v) is 9.37. The molecule has 0 unspecified atom stereocenters. The van der Waals surface area contributed by atoms with E-state index in [-0.39, 0.29) is 11.7 Å². The predicted molar refractivity (Wildman–Crippen MR) is 105 cm³/mol. The molecule has 3 rings (SSSR count). The Hall–Kier alpha value is -2.00. The van der Waals surface area contributed by atoms with Crippen molar-refractivity contribution in [3.05, 3.63) is 68.5 Å². The summed E-state index contributed by atoms with van der Waals surface area (Å²) in [6.45, 7) is 3.55. The van der Waals surface area contributed by atoms with E-state index in [1.54, 1.807) is 18.2 Å². The van der Waals surface area contributed by atoms with Crippen molar-refractivity contribution in [3.63, 3.8) is 0 Å². The number of nitrogens with zero attached hydrogens (tertiary/aromatic N) is 2. The monoisotopic (exact) mass is 467 g/mol. The molecule has 1 heterocycles. The van der Waals surface area contributed by atoms with E-state index in [4.69, 9.17) is 5.73 Å². The van der Waals surface area contributed by atoms with Crippen LogP contribution < -0.4 is 5.73 Å². The van der Waals surface area contributed by atoms with Crippen LogP contribution in [0.15, 0.2) is 42.5 Å². The van der Waals surface area contributed by atoms with Crippen molar-refractivity contribution in [1.82, 2.24) is 9.80 Å². The Morgan fingerprint density at radius 2 is 1.69 bits per heavy atom. The van der Waals surface area contributed by atoms with Gasteiger partial charge in [-0.3, -0.25) is 14.5 Å². The van der Waals surface area contributed by atoms with Crippen LogP contribution in [0.25, 0.3) is 0 Å². The number of halogens is 2. The molecule has 0 bridgehead atoms. The Bertz CT molecular complexity index is 818. The number of carbonyl (C=O) groups is 2. The van der Waals surface area contributed by atoms with E-state index < -0.39 is 5.91 Å². The second-order valence-electron chi connectivity index (χ2n) is 6.25. The fourth-order valence-electron chi connectivity index (χ4n) is 2.97. The van der Waals surface area contributed by atoms with Crippen LogP contribution in [0.1, 0.15) is 26.3 Å². The molecule has 0 aromatic heterocycles. The lowest BCUT2D eigenvalue weighted by atomic mass is 10.1. The first-order valence-electron chi connectivity index (χ1n) is 8.29. The standard InChI is InChI=1S/C19H19FIN3O2/c20-15-5-6-16(17(21)11-15)19(26)24-9-7-23(8-10-24)12-13-1-3-14(4-2-13)18(22)25/h1-6,11H,7-10,12H2,(H2,22,25). The Balaban J connectivity index is 1.57. The molecular weight excluding hydrogens is 448 g/mol. The molecule has 0 atom stereocenters. The van der Waals surface area contributed by atoms with Crippen LogP contribution in [0.2, 0.25) is 0 Å². The molecule has 2 amide bonds. The van der Waals surface area contributed by atoms with Crippen LogP contribution in [0.5, 0.6) is 0 Å². The number of hydrogen-bond donors (Lipinski definition) is 1. The summed E-state index contributed by atoms with van der Waals surface area (Å²) in [5.74, 6) is -0.822. The minimum absolute atomic E-state index is 0.0557. The average Bonchev–Trinajstić information content (AvgIpc) is 2.62. The average molecular weight is 467 g/mol. The van der Waals surface area contributed by atoms with Crippen molar-refractivity contribution in [3.8, 4) is 0 Å². The Kier molecular flexibility index (Phi) is 5.87. The van der Waals surface area contributed by atoms with Crippen LogP contribution in [0.3, 0.4) is 0 Å². The largest absolute Gasteiger partial charge is 0.366 e. The van der Waals surface area contributed by atoms with Crippen molar-refractivity contribution in [2.24, 2.45) is 5.73 Å². The number of nitrogens with two attached hydrogens (primary N) is 1. The number of carbonyl (C=O) groups excluding carboxylic acids is 2. The molecule has 1 saturated heterocycles. The van der Waals surface area contributed by atoms with Gasteiger partial charge in [0.05, 0.1) is 5.56 Å². The minimum Gasteiger partial charge on any atom is -0.366 e. The molecule has 1 aliphatic heterocycles. The molecule has 0 spiro atoms. The summed E-state index contributed by atoms with van der Waals surface area (Å²) < 4.78 is 13.8. The summed E-state index contributed by atoms with van der Waals surface area (Å²) in [7, 11) is 0. The first kappa shape index (κ1) is 18.8. The van der Waals surface area contributed by atoms with Crippen LogP contribution in [-0.2, 0) is 6.54 Å². The highest BCUT2D eigenvalue weighted by Crippen LogP contribution is 2.18. The zero-order chi connectivity index (χ0) is 18.7. The smallest absolute Gasteiger partial charge is 0.255 e. The molecule has 1 aliphatic rings. The second-order valence-corrected chi connectivity index (χ2v) is 7.42. The summed E-state index contributed by atoms with van der Waals surface area (Å²) in [5.41, 5.74) is 7.39. The SMILES string of the molecule is NC(=O)c1ccc(CN2CCN(C(=O)c3ccc(F)cc3I)CC2)cc1. The fraction of sp³-hybridized carbons (Fsp3) is 0.263. The van der Waals surface area contributed by atoms with Crippen molar-refractivity contribution in [2.45, 2.75) is 6.54 Å². The number of piperazine rings is 1. The second kappa shape index (κ2) is 8.13. The summed E-state index contributed by atoms with van der Waals surface area (Å²) >= 11 is 1.99. The van der Waals surface area contributed by atoms with Crippen LogP contribution >= 0.6 is 22.6 Å². The Morgan fingerprint density at radius 1 is 1.04 bits per heavy atom. The molecule has 1 fully saturated rings. The Labute approximate surface area is 165 Å². The third kappa shape index (κ3) is 4.39. The maximum absolute atomic E-state index is 13.2. The summed E-state index contributed by atoms with van der Waals surface area (Å²) in [5, 5.41) is 0. The van der Waals surface area contributed by atoms with Gasteiger partial charge < -0.3 is 10.6 Å². The number of rotatable bonds is 4. The van der Waals surface area contributed by atoms with E-state index in [1.807, 2.05) is 39.6 Å². The number of amides is 2. The summed E-state index contributed by atoms with van der Waals surface area (Å²) in [4.78, 5) is 27.8. The van der Waals surface area contributed by atoms with Gasteiger partial charge in [-0.1, -0.05) is 12.1 Å². The molecule has 26 heavy (non-hydrogen) atoms. The van der Waals surface area contributed by atoms with Crippen LogP contribution in [0.4, 0.5) is 4.39 Å². The van der Waals surface area contributed by atoms with Gasteiger partial charge in [0.1, 0.15) is 5.82 Å². The van der Waals surface area contributed by atoms with Gasteiger partial charge in [0.25, 0.3) is 5.91 Å². The molecule has 0 radical (unpaired) electrons. The third-order valence-corrected chi connectivity index (χ3v) is 5.36. The molecular formula is C19H19FIN3O2. The molecule has 2 aromatic carbocycles. The summed E-state index contributed by atoms with van der Waals surface area (Å²) in [6.07, 6.45) is 0. The van der Waals surface area contributed by atoms with Gasteiger partial charge in [-0.05, 0) is 58.5 Å². The van der Waals surface area contributed by atoms with Crippen LogP contribution in [-0.4, -0.2) is 47.8 Å². The highest BCUT2D eigenvalue weighted by molar-refractivity contribution is 14.1. The van der Waals surface area contributed by atoms with Crippen LogP contribution in [0, 0.1) is 9.39 Å². The van der Waals surface area contributed by atoms with E-state index in [2.05, 4.69) is 4.90 Å². The first-order chi connectivity index (χ1) is 12.4. The molecule has 5 nitrogen and oxygen atoms in total. The highest BCUT2D eigenvalue weighted by atomic mass is 127. The molecule has 0 aliphatic carbocycles. The lowest BCUT2D eigenvalue weighted by molar-refractivity contribution is 0.0627. The molecule has 0 saturated carbocycles. The van der Waals surface area contributed by atoms with E-state index in [0.29, 0.717) is 27.8 Å². The van der Waals surface area contributed by atoms with Crippen molar-refractivity contribution < 1.29 is 14.0 Å². The topological polar surface area (TPSA) is 66.6 Å². The lowest BCUT2D eigenvalue weighted by Gasteiger charge is -2.35. The number of benzene rings is 2. The maximum Gasteiger partial charge on any atom is 0.255 e. The van der Waals surface area contributed by atoms with E-state index >= 15 is 0 Å². The highest BCUT2D eigenvalue weighted by Gasteiger charge is 2.23. The quantitative estimate of drug-likeness (QED) is 0.703. The normalized spacial score (nSPS) is 15.1. The zero-order valence-electron chi connectivity index (χ0n) is 14.1. The molecule has 2 N–H and O–H groups in total. The number of hydrogen-bond acceptors (Lipinski definition) is 3. The third-order valence-electron chi connectivity index (χ3n) is 4.47. The van der Waals surface area contributed by atoms with E-state index in [9.17, 15) is 14.0 Å². The van der Waals surface area contributed by atoms with Gasteiger partial charge >= 0.3 is 0 Å². The predicted octanol–water partition coefficient (Wildman–Crippen LogP) is 2.49. The molecule has 2 aromatic rings. The minimum atomic E-state index is -0.431. The van der Waals surface area contributed by atoms with Gasteiger partial charge in [-0.15, -0.1) is 0 Å². The lowest BCUT2D eigenvalue weighted by Crippen LogP contribution is -2.48. The van der Waals surface area contributed by atoms with Gasteiger partial charge in [-0.25, -0.2) is 4.39 Å². The summed E-state index contributed by atoms with van der Waals surface area (Å²) in [6, 6.07) is 11.5.